The molecule has 0 aliphatic rings. The molecule has 0 aliphatic heterocycles. The Bertz CT molecular complexity index is 573. The van der Waals surface area contributed by atoms with Crippen molar-refractivity contribution in [2.24, 2.45) is 0 Å². The highest BCUT2D eigenvalue weighted by Gasteiger charge is 2.41. The average molecular weight is 279 g/mol. The molecule has 3 nitrogen and oxygen atoms in total. The molecule has 19 heavy (non-hydrogen) atoms. The lowest BCUT2D eigenvalue weighted by atomic mass is 10.0. The van der Waals surface area contributed by atoms with E-state index >= 15 is 0 Å². The molecule has 0 saturated carbocycles. The van der Waals surface area contributed by atoms with E-state index in [1.807, 2.05) is 0 Å². The van der Waals surface area contributed by atoms with Crippen molar-refractivity contribution in [3.8, 4) is 12.1 Å². The lowest BCUT2D eigenvalue weighted by Gasteiger charge is -2.14. The highest BCUT2D eigenvalue weighted by atomic mass is 19.4. The second kappa shape index (κ2) is 4.76. The fourth-order valence-corrected chi connectivity index (χ4v) is 1.31. The minimum absolute atomic E-state index is 0.196. The lowest BCUT2D eigenvalue weighted by Crippen LogP contribution is -2.18. The van der Waals surface area contributed by atoms with E-state index in [1.165, 1.54) is 12.1 Å². The van der Waals surface area contributed by atoms with Crippen LogP contribution in [-0.2, 0) is 18.8 Å². The van der Waals surface area contributed by atoms with Gasteiger partial charge in [-0.1, -0.05) is 0 Å². The molecule has 0 unspecified atom stereocenters. The first-order valence-electron chi connectivity index (χ1n) is 4.56. The predicted molar refractivity (Wildman–Crippen MR) is 48.3 cm³/mol. The molecule has 1 aromatic heterocycles. The summed E-state index contributed by atoms with van der Waals surface area (Å²) in [5.41, 5.74) is -5.40. The van der Waals surface area contributed by atoms with Crippen molar-refractivity contribution in [2.75, 3.05) is 0 Å². The third-order valence-electron chi connectivity index (χ3n) is 2.06. The molecule has 0 N–H and O–H groups in total. The number of rotatable bonds is 1. The summed E-state index contributed by atoms with van der Waals surface area (Å²) in [7, 11) is 0. The van der Waals surface area contributed by atoms with Crippen molar-refractivity contribution in [1.82, 2.24) is 4.98 Å². The van der Waals surface area contributed by atoms with Gasteiger partial charge in [0.05, 0.1) is 24.1 Å². The Morgan fingerprint density at radius 1 is 1.05 bits per heavy atom. The molecule has 0 bridgehead atoms. The monoisotopic (exact) mass is 279 g/mol. The molecule has 1 aromatic rings. The molecule has 0 aromatic carbocycles. The van der Waals surface area contributed by atoms with E-state index in [4.69, 9.17) is 10.5 Å². The summed E-state index contributed by atoms with van der Waals surface area (Å²) < 4.78 is 75.0. The third-order valence-corrected chi connectivity index (χ3v) is 2.06. The molecular weight excluding hydrogens is 276 g/mol. The van der Waals surface area contributed by atoms with Crippen LogP contribution in [0.2, 0.25) is 0 Å². The molecule has 1 heterocycles. The third kappa shape index (κ3) is 3.13. The van der Waals surface area contributed by atoms with Gasteiger partial charge in [-0.15, -0.1) is 0 Å². The Balaban J connectivity index is 3.67. The van der Waals surface area contributed by atoms with Gasteiger partial charge in [0.1, 0.15) is 5.69 Å². The van der Waals surface area contributed by atoms with Gasteiger partial charge in [0.25, 0.3) is 0 Å². The number of nitriles is 2. The number of hydrogen-bond acceptors (Lipinski definition) is 3. The number of halogens is 6. The van der Waals surface area contributed by atoms with Crippen molar-refractivity contribution in [2.45, 2.75) is 18.8 Å². The van der Waals surface area contributed by atoms with Crippen molar-refractivity contribution in [3.05, 3.63) is 28.6 Å². The number of nitrogens with zero attached hydrogens (tertiary/aromatic N) is 3. The topological polar surface area (TPSA) is 60.5 Å². The Morgan fingerprint density at radius 3 is 2.00 bits per heavy atom. The minimum atomic E-state index is -5.18. The van der Waals surface area contributed by atoms with Gasteiger partial charge in [-0.05, 0) is 6.07 Å². The van der Waals surface area contributed by atoms with Gasteiger partial charge < -0.3 is 0 Å². The van der Waals surface area contributed by atoms with Crippen LogP contribution in [0.5, 0.6) is 0 Å². The largest absolute Gasteiger partial charge is 0.433 e. The zero-order valence-corrected chi connectivity index (χ0v) is 8.89. The first-order chi connectivity index (χ1) is 8.61. The van der Waals surface area contributed by atoms with Crippen LogP contribution >= 0.6 is 0 Å². The highest BCUT2D eigenvalue weighted by molar-refractivity contribution is 5.44. The van der Waals surface area contributed by atoms with Crippen molar-refractivity contribution < 1.29 is 26.3 Å². The van der Waals surface area contributed by atoms with Gasteiger partial charge in [0.2, 0.25) is 0 Å². The maximum absolute atomic E-state index is 12.6. The Labute approximate surface area is 102 Å². The fraction of sp³-hybridized carbons (Fsp3) is 0.300. The van der Waals surface area contributed by atoms with Crippen LogP contribution in [0.3, 0.4) is 0 Å². The van der Waals surface area contributed by atoms with Crippen molar-refractivity contribution in [3.63, 3.8) is 0 Å². The summed E-state index contributed by atoms with van der Waals surface area (Å²) in [6, 6.07) is 2.77. The van der Waals surface area contributed by atoms with E-state index in [9.17, 15) is 26.3 Å². The second-order valence-electron chi connectivity index (χ2n) is 3.32. The number of alkyl halides is 6. The maximum atomic E-state index is 12.6. The van der Waals surface area contributed by atoms with Crippen LogP contribution < -0.4 is 0 Å². The first-order valence-corrected chi connectivity index (χ1v) is 4.56. The van der Waals surface area contributed by atoms with Crippen molar-refractivity contribution in [1.29, 1.82) is 10.5 Å². The van der Waals surface area contributed by atoms with E-state index < -0.39 is 41.3 Å². The molecule has 0 atom stereocenters. The molecule has 100 valence electrons. The van der Waals surface area contributed by atoms with Gasteiger partial charge in [-0.25, -0.2) is 4.98 Å². The first kappa shape index (κ1) is 14.8. The zero-order valence-electron chi connectivity index (χ0n) is 8.89. The normalized spacial score (nSPS) is 11.8. The molecule has 1 rings (SSSR count). The zero-order chi connectivity index (χ0) is 14.8. The number of pyridine rings is 1. The fourth-order valence-electron chi connectivity index (χ4n) is 1.31. The quantitative estimate of drug-likeness (QED) is 0.742. The van der Waals surface area contributed by atoms with Crippen LogP contribution in [0.25, 0.3) is 0 Å². The molecule has 0 aliphatic carbocycles. The smallest absolute Gasteiger partial charge is 0.238 e. The molecule has 0 saturated heterocycles. The Kier molecular flexibility index (Phi) is 3.70. The summed E-state index contributed by atoms with van der Waals surface area (Å²) in [4.78, 5) is 2.49. The van der Waals surface area contributed by atoms with Gasteiger partial charge in [0.15, 0.2) is 5.69 Å². The summed E-state index contributed by atoms with van der Waals surface area (Å²) in [5.74, 6) is 0. The maximum Gasteiger partial charge on any atom is 0.433 e. The standard InChI is InChI=1S/C10H3F6N3/c11-9(12,13)7-3-5(4-18)6(1-2-17)8(19-7)10(14,15)16/h3H,1H2. The molecule has 0 amide bonds. The Hall–Kier alpha value is -2.29. The van der Waals surface area contributed by atoms with E-state index in [0.29, 0.717) is 0 Å². The molecule has 0 fully saturated rings. The van der Waals surface area contributed by atoms with Crippen LogP contribution in [0.4, 0.5) is 26.3 Å². The summed E-state index contributed by atoms with van der Waals surface area (Å²) in [6.07, 6.45) is -11.2. The van der Waals surface area contributed by atoms with Gasteiger partial charge in [-0.2, -0.15) is 36.9 Å². The predicted octanol–water partition coefficient (Wildman–Crippen LogP) is 3.06. The summed E-state index contributed by atoms with van der Waals surface area (Å²) >= 11 is 0. The van der Waals surface area contributed by atoms with E-state index in [2.05, 4.69) is 4.98 Å². The molecular formula is C10H3F6N3. The summed E-state index contributed by atoms with van der Waals surface area (Å²) in [5, 5.41) is 17.0. The van der Waals surface area contributed by atoms with Gasteiger partial charge in [-0.3, -0.25) is 0 Å². The van der Waals surface area contributed by atoms with E-state index in [1.54, 1.807) is 0 Å². The van der Waals surface area contributed by atoms with Crippen LogP contribution in [-0.4, -0.2) is 4.98 Å². The lowest BCUT2D eigenvalue weighted by molar-refractivity contribution is -0.150. The van der Waals surface area contributed by atoms with Crippen LogP contribution in [0.1, 0.15) is 22.5 Å². The van der Waals surface area contributed by atoms with Gasteiger partial charge >= 0.3 is 12.4 Å². The van der Waals surface area contributed by atoms with Crippen LogP contribution in [0, 0.1) is 22.7 Å². The Morgan fingerprint density at radius 2 is 1.63 bits per heavy atom. The van der Waals surface area contributed by atoms with Crippen LogP contribution in [0.15, 0.2) is 6.07 Å². The highest BCUT2D eigenvalue weighted by Crippen LogP contribution is 2.36. The molecule has 0 radical (unpaired) electrons. The average Bonchev–Trinajstić information content (AvgIpc) is 2.26. The van der Waals surface area contributed by atoms with E-state index in [0.717, 1.165) is 0 Å². The SMILES string of the molecule is N#CCc1c(C#N)cc(C(F)(F)F)nc1C(F)(F)F. The minimum Gasteiger partial charge on any atom is -0.238 e. The molecule has 0 spiro atoms. The number of aromatic nitrogens is 1. The second-order valence-corrected chi connectivity index (χ2v) is 3.32. The van der Waals surface area contributed by atoms with Crippen molar-refractivity contribution >= 4 is 0 Å². The van der Waals surface area contributed by atoms with Gasteiger partial charge in [0, 0.05) is 5.56 Å². The summed E-state index contributed by atoms with van der Waals surface area (Å²) in [6.45, 7) is 0. The number of hydrogen-bond donors (Lipinski definition) is 0. The van der Waals surface area contributed by atoms with E-state index in [-0.39, 0.29) is 6.07 Å². The molecule has 9 heteroatoms.